The van der Waals surface area contributed by atoms with Crippen LogP contribution in [0.1, 0.15) is 17.5 Å². The third kappa shape index (κ3) is 5.06. The predicted octanol–water partition coefficient (Wildman–Crippen LogP) is 5.11. The van der Waals surface area contributed by atoms with E-state index in [1.54, 1.807) is 22.8 Å². The largest absolute Gasteiger partial charge is 0.507 e. The number of phenols is 1. The number of hydrogen-bond acceptors (Lipinski definition) is 5. The lowest BCUT2D eigenvalue weighted by Gasteiger charge is -2.17. The van der Waals surface area contributed by atoms with E-state index in [-0.39, 0.29) is 5.75 Å². The van der Waals surface area contributed by atoms with E-state index >= 15 is 0 Å². The maximum absolute atomic E-state index is 10.3. The minimum absolute atomic E-state index is 0.207. The number of nitrogens with zero attached hydrogens (tertiary/aromatic N) is 4. The van der Waals surface area contributed by atoms with Gasteiger partial charge in [-0.1, -0.05) is 42.0 Å². The van der Waals surface area contributed by atoms with Gasteiger partial charge < -0.3 is 15.3 Å². The van der Waals surface area contributed by atoms with Crippen LogP contribution in [0.15, 0.2) is 65.3 Å². The van der Waals surface area contributed by atoms with E-state index in [0.717, 1.165) is 36.3 Å². The van der Waals surface area contributed by atoms with Crippen LogP contribution in [0.2, 0.25) is 0 Å². The summed E-state index contributed by atoms with van der Waals surface area (Å²) in [5, 5.41) is 18.2. The fourth-order valence-electron chi connectivity index (χ4n) is 3.66. The van der Waals surface area contributed by atoms with Crippen molar-refractivity contribution < 1.29 is 5.11 Å². The number of anilines is 1. The number of para-hydroxylation sites is 1. The summed E-state index contributed by atoms with van der Waals surface area (Å²) in [7, 11) is 2.15. The van der Waals surface area contributed by atoms with E-state index in [9.17, 15) is 5.11 Å². The van der Waals surface area contributed by atoms with Crippen LogP contribution < -0.4 is 5.32 Å². The summed E-state index contributed by atoms with van der Waals surface area (Å²) in [6.45, 7) is 4.84. The molecule has 0 fully saturated rings. The van der Waals surface area contributed by atoms with E-state index in [0.29, 0.717) is 16.9 Å². The Morgan fingerprint density at radius 2 is 1.97 bits per heavy atom. The summed E-state index contributed by atoms with van der Waals surface area (Å²) in [6, 6.07) is 17.8. The second-order valence-electron chi connectivity index (χ2n) is 7.78. The summed E-state index contributed by atoms with van der Waals surface area (Å²) in [5.41, 5.74) is 4.73. The van der Waals surface area contributed by atoms with Crippen molar-refractivity contribution in [2.75, 3.05) is 25.5 Å². The van der Waals surface area contributed by atoms with E-state index in [1.165, 1.54) is 11.1 Å². The van der Waals surface area contributed by atoms with Gasteiger partial charge in [0.05, 0.1) is 16.4 Å². The highest BCUT2D eigenvalue weighted by Gasteiger charge is 2.13. The van der Waals surface area contributed by atoms with Crippen LogP contribution >= 0.6 is 15.9 Å². The number of fused-ring (bicyclic) bond motifs is 1. The van der Waals surface area contributed by atoms with E-state index in [4.69, 9.17) is 0 Å². The standard InChI is InChI=1S/C24H26BrN5O/c1-17-7-5-8-18(13-17)16-29(2)12-6-11-26-23-14-21(19-9-3-4-10-22(19)31)28-24-20(25)15-27-30(23)24/h3-5,7-10,13-15,26,31H,6,11-12,16H2,1-2H3. The summed E-state index contributed by atoms with van der Waals surface area (Å²) >= 11 is 3.52. The average Bonchev–Trinajstić information content (AvgIpc) is 3.12. The van der Waals surface area contributed by atoms with Crippen molar-refractivity contribution in [3.8, 4) is 17.0 Å². The van der Waals surface area contributed by atoms with Crippen LogP contribution in [0.25, 0.3) is 16.9 Å². The summed E-state index contributed by atoms with van der Waals surface area (Å²) < 4.78 is 2.59. The molecule has 0 bridgehead atoms. The van der Waals surface area contributed by atoms with Gasteiger partial charge in [-0.25, -0.2) is 4.98 Å². The second-order valence-corrected chi connectivity index (χ2v) is 8.63. The molecule has 0 radical (unpaired) electrons. The van der Waals surface area contributed by atoms with Crippen molar-refractivity contribution >= 4 is 27.4 Å². The maximum atomic E-state index is 10.3. The average molecular weight is 480 g/mol. The number of aromatic hydroxyl groups is 1. The molecule has 0 aliphatic carbocycles. The number of halogens is 1. The first kappa shape index (κ1) is 21.3. The van der Waals surface area contributed by atoms with Crippen molar-refractivity contribution in [3.63, 3.8) is 0 Å². The lowest BCUT2D eigenvalue weighted by molar-refractivity contribution is 0.325. The zero-order chi connectivity index (χ0) is 21.8. The molecule has 6 nitrogen and oxygen atoms in total. The van der Waals surface area contributed by atoms with Gasteiger partial charge in [0.2, 0.25) is 0 Å². The molecule has 2 N–H and O–H groups in total. The summed E-state index contributed by atoms with van der Waals surface area (Å²) in [4.78, 5) is 7.01. The number of phenolic OH excluding ortho intramolecular Hbond substituents is 1. The highest BCUT2D eigenvalue weighted by Crippen LogP contribution is 2.31. The molecule has 160 valence electrons. The van der Waals surface area contributed by atoms with Crippen molar-refractivity contribution in [1.82, 2.24) is 19.5 Å². The lowest BCUT2D eigenvalue weighted by atomic mass is 10.1. The van der Waals surface area contributed by atoms with Gasteiger partial charge in [-0.05, 0) is 60.6 Å². The second kappa shape index (κ2) is 9.49. The Balaban J connectivity index is 1.44. The van der Waals surface area contributed by atoms with Gasteiger partial charge in [0, 0.05) is 24.7 Å². The minimum atomic E-state index is 0.207. The molecule has 31 heavy (non-hydrogen) atoms. The fraction of sp³-hybridized carbons (Fsp3) is 0.250. The first-order valence-corrected chi connectivity index (χ1v) is 11.1. The number of aryl methyl sites for hydroxylation is 1. The van der Waals surface area contributed by atoms with Crippen LogP contribution in [0.4, 0.5) is 5.82 Å². The molecule has 0 aliphatic heterocycles. The Morgan fingerprint density at radius 1 is 1.13 bits per heavy atom. The Kier molecular flexibility index (Phi) is 6.53. The number of nitrogens with one attached hydrogen (secondary N) is 1. The highest BCUT2D eigenvalue weighted by atomic mass is 79.9. The van der Waals surface area contributed by atoms with Gasteiger partial charge in [-0.2, -0.15) is 9.61 Å². The van der Waals surface area contributed by atoms with Crippen molar-refractivity contribution in [1.29, 1.82) is 0 Å². The van der Waals surface area contributed by atoms with Crippen LogP contribution in [-0.4, -0.2) is 44.7 Å². The number of aromatic nitrogens is 3. The SMILES string of the molecule is Cc1cccc(CN(C)CCCNc2cc(-c3ccccc3O)nc3c(Br)cnn23)c1. The molecule has 0 saturated heterocycles. The van der Waals surface area contributed by atoms with Gasteiger partial charge in [0.15, 0.2) is 5.65 Å². The maximum Gasteiger partial charge on any atom is 0.172 e. The van der Waals surface area contributed by atoms with Gasteiger partial charge in [-0.15, -0.1) is 0 Å². The van der Waals surface area contributed by atoms with Crippen molar-refractivity contribution in [2.45, 2.75) is 19.9 Å². The molecule has 2 aromatic heterocycles. The van der Waals surface area contributed by atoms with Crippen molar-refractivity contribution in [3.05, 3.63) is 76.4 Å². The quantitative estimate of drug-likeness (QED) is 0.344. The third-order valence-corrected chi connectivity index (χ3v) is 5.73. The topological polar surface area (TPSA) is 65.7 Å². The molecule has 2 heterocycles. The van der Waals surface area contributed by atoms with Crippen LogP contribution in [0.3, 0.4) is 0 Å². The molecule has 4 aromatic rings. The molecule has 2 aromatic carbocycles. The Hall–Kier alpha value is -2.90. The Labute approximate surface area is 190 Å². The molecule has 0 amide bonds. The van der Waals surface area contributed by atoms with E-state index < -0.39 is 0 Å². The zero-order valence-corrected chi connectivity index (χ0v) is 19.3. The highest BCUT2D eigenvalue weighted by molar-refractivity contribution is 9.10. The smallest absolute Gasteiger partial charge is 0.172 e. The Morgan fingerprint density at radius 3 is 2.77 bits per heavy atom. The molecule has 0 unspecified atom stereocenters. The molecule has 0 saturated carbocycles. The molecule has 0 spiro atoms. The molecule has 7 heteroatoms. The van der Waals surface area contributed by atoms with Crippen LogP contribution in [0, 0.1) is 6.92 Å². The minimum Gasteiger partial charge on any atom is -0.507 e. The lowest BCUT2D eigenvalue weighted by Crippen LogP contribution is -2.21. The molecule has 0 aliphatic rings. The Bertz CT molecular complexity index is 1190. The number of hydrogen-bond donors (Lipinski definition) is 2. The number of rotatable bonds is 8. The molecular formula is C24H26BrN5O. The molecule has 0 atom stereocenters. The predicted molar refractivity (Wildman–Crippen MR) is 128 cm³/mol. The van der Waals surface area contributed by atoms with Gasteiger partial charge in [0.1, 0.15) is 11.6 Å². The van der Waals surface area contributed by atoms with Crippen LogP contribution in [-0.2, 0) is 6.54 Å². The first-order chi connectivity index (χ1) is 15.0. The summed E-state index contributed by atoms with van der Waals surface area (Å²) in [6.07, 6.45) is 2.72. The van der Waals surface area contributed by atoms with Crippen molar-refractivity contribution in [2.24, 2.45) is 0 Å². The third-order valence-electron chi connectivity index (χ3n) is 5.17. The molecular weight excluding hydrogens is 454 g/mol. The first-order valence-electron chi connectivity index (χ1n) is 10.3. The zero-order valence-electron chi connectivity index (χ0n) is 17.7. The van der Waals surface area contributed by atoms with Gasteiger partial charge >= 0.3 is 0 Å². The summed E-state index contributed by atoms with van der Waals surface area (Å²) in [5.74, 6) is 1.05. The fourth-order valence-corrected chi connectivity index (χ4v) is 4.01. The van der Waals surface area contributed by atoms with E-state index in [1.807, 2.05) is 18.2 Å². The molecule has 4 rings (SSSR count). The number of benzene rings is 2. The van der Waals surface area contributed by atoms with Crippen LogP contribution in [0.5, 0.6) is 5.75 Å². The van der Waals surface area contributed by atoms with Gasteiger partial charge in [-0.3, -0.25) is 0 Å². The van der Waals surface area contributed by atoms with E-state index in [2.05, 4.69) is 74.5 Å². The monoisotopic (exact) mass is 479 g/mol. The van der Waals surface area contributed by atoms with Gasteiger partial charge in [0.25, 0.3) is 0 Å². The normalized spacial score (nSPS) is 11.4.